The Kier molecular flexibility index (Phi) is 6.48. The van der Waals surface area contributed by atoms with Gasteiger partial charge in [0.2, 0.25) is 15.9 Å². The van der Waals surface area contributed by atoms with E-state index in [1.165, 1.54) is 18.2 Å². The van der Waals surface area contributed by atoms with Crippen LogP contribution in [0.4, 0.5) is 11.4 Å². The van der Waals surface area contributed by atoms with Crippen molar-refractivity contribution < 1.29 is 13.2 Å². The molecule has 0 unspecified atom stereocenters. The summed E-state index contributed by atoms with van der Waals surface area (Å²) in [5.74, 6) is -0.533. The molecule has 2 aromatic rings. The third-order valence-corrected chi connectivity index (χ3v) is 5.05. The highest BCUT2D eigenvalue weighted by atomic mass is 35.5. The van der Waals surface area contributed by atoms with Gasteiger partial charge in [0.1, 0.15) is 6.54 Å². The summed E-state index contributed by atoms with van der Waals surface area (Å²) in [6.45, 7) is -0.444. The summed E-state index contributed by atoms with van der Waals surface area (Å²) >= 11 is 11.9. The molecule has 0 spiro atoms. The highest BCUT2D eigenvalue weighted by molar-refractivity contribution is 7.92. The van der Waals surface area contributed by atoms with Gasteiger partial charge >= 0.3 is 0 Å². The van der Waals surface area contributed by atoms with Gasteiger partial charge in [-0.15, -0.1) is 0 Å². The molecule has 2 rings (SSSR count). The number of nitrogens with zero attached hydrogens (tertiary/aromatic N) is 2. The summed E-state index contributed by atoms with van der Waals surface area (Å²) in [5.41, 5.74) is 1.47. The summed E-state index contributed by atoms with van der Waals surface area (Å²) in [7, 11) is -3.75. The minimum absolute atomic E-state index is 0.122. The van der Waals surface area contributed by atoms with Crippen molar-refractivity contribution in [2.24, 2.45) is 0 Å². The van der Waals surface area contributed by atoms with Gasteiger partial charge in [0, 0.05) is 10.7 Å². The maximum atomic E-state index is 12.3. The fourth-order valence-corrected chi connectivity index (χ4v) is 3.62. The van der Waals surface area contributed by atoms with E-state index in [0.717, 1.165) is 16.1 Å². The van der Waals surface area contributed by atoms with Crippen molar-refractivity contribution >= 4 is 50.5 Å². The molecule has 136 valence electrons. The van der Waals surface area contributed by atoms with Crippen LogP contribution in [0.2, 0.25) is 10.0 Å². The Morgan fingerprint density at radius 2 is 1.85 bits per heavy atom. The summed E-state index contributed by atoms with van der Waals surface area (Å²) < 4.78 is 25.1. The lowest BCUT2D eigenvalue weighted by Crippen LogP contribution is -2.37. The van der Waals surface area contributed by atoms with Gasteiger partial charge in [0.25, 0.3) is 0 Å². The van der Waals surface area contributed by atoms with Crippen molar-refractivity contribution in [3.8, 4) is 6.07 Å². The van der Waals surface area contributed by atoms with Crippen molar-refractivity contribution in [3.05, 3.63) is 58.1 Å². The topological polar surface area (TPSA) is 90.3 Å². The van der Waals surface area contributed by atoms with Crippen LogP contribution < -0.4 is 9.62 Å². The molecular formula is C17H15Cl2N3O3S. The van der Waals surface area contributed by atoms with E-state index in [-0.39, 0.29) is 17.1 Å². The van der Waals surface area contributed by atoms with Gasteiger partial charge < -0.3 is 5.32 Å². The van der Waals surface area contributed by atoms with E-state index in [2.05, 4.69) is 5.32 Å². The fourth-order valence-electron chi connectivity index (χ4n) is 2.19. The molecule has 6 nitrogen and oxygen atoms in total. The predicted molar refractivity (Wildman–Crippen MR) is 103 cm³/mol. The second-order valence-electron chi connectivity index (χ2n) is 5.45. The number of rotatable bonds is 6. The molecule has 0 aromatic heterocycles. The van der Waals surface area contributed by atoms with E-state index in [4.69, 9.17) is 28.5 Å². The Labute approximate surface area is 162 Å². The molecule has 0 aliphatic rings. The van der Waals surface area contributed by atoms with E-state index >= 15 is 0 Å². The summed E-state index contributed by atoms with van der Waals surface area (Å²) in [4.78, 5) is 12.3. The molecule has 0 saturated heterocycles. The molecule has 1 N–H and O–H groups in total. The van der Waals surface area contributed by atoms with Crippen molar-refractivity contribution in [3.63, 3.8) is 0 Å². The van der Waals surface area contributed by atoms with Gasteiger partial charge in [-0.3, -0.25) is 9.10 Å². The normalized spacial score (nSPS) is 10.8. The number of carbonyl (C=O) groups is 1. The number of amides is 1. The number of anilines is 2. The average molecular weight is 412 g/mol. The highest BCUT2D eigenvalue weighted by Crippen LogP contribution is 2.30. The van der Waals surface area contributed by atoms with Gasteiger partial charge in [-0.25, -0.2) is 8.42 Å². The summed E-state index contributed by atoms with van der Waals surface area (Å²) in [6, 6.07) is 13.1. The maximum Gasteiger partial charge on any atom is 0.245 e. The lowest BCUT2D eigenvalue weighted by Gasteiger charge is -2.23. The van der Waals surface area contributed by atoms with E-state index in [0.29, 0.717) is 10.7 Å². The van der Waals surface area contributed by atoms with Crippen molar-refractivity contribution in [1.29, 1.82) is 5.26 Å². The minimum atomic E-state index is -3.75. The zero-order valence-corrected chi connectivity index (χ0v) is 16.1. The molecule has 9 heteroatoms. The Morgan fingerprint density at radius 3 is 2.38 bits per heavy atom. The Balaban J connectivity index is 2.18. The van der Waals surface area contributed by atoms with Crippen LogP contribution in [-0.2, 0) is 21.2 Å². The first-order chi connectivity index (χ1) is 12.2. The lowest BCUT2D eigenvalue weighted by molar-refractivity contribution is -0.114. The number of hydrogen-bond donors (Lipinski definition) is 1. The zero-order chi connectivity index (χ0) is 19.3. The monoisotopic (exact) mass is 411 g/mol. The summed E-state index contributed by atoms with van der Waals surface area (Å²) in [5, 5.41) is 11.8. The van der Waals surface area contributed by atoms with Crippen LogP contribution in [0.1, 0.15) is 5.56 Å². The van der Waals surface area contributed by atoms with E-state index < -0.39 is 22.5 Å². The third-order valence-electron chi connectivity index (χ3n) is 3.39. The number of nitrogens with one attached hydrogen (secondary N) is 1. The number of halogens is 2. The molecule has 26 heavy (non-hydrogen) atoms. The van der Waals surface area contributed by atoms with Crippen molar-refractivity contribution in [1.82, 2.24) is 0 Å². The Hall–Kier alpha value is -2.27. The van der Waals surface area contributed by atoms with Crippen LogP contribution in [0.15, 0.2) is 42.5 Å². The molecule has 0 radical (unpaired) electrons. The fraction of sp³-hybridized carbons (Fsp3) is 0.176. The van der Waals surface area contributed by atoms with Gasteiger partial charge in [-0.1, -0.05) is 35.3 Å². The van der Waals surface area contributed by atoms with Crippen LogP contribution in [0.5, 0.6) is 0 Å². The first-order valence-corrected chi connectivity index (χ1v) is 9.99. The van der Waals surface area contributed by atoms with Crippen LogP contribution in [-0.4, -0.2) is 27.1 Å². The predicted octanol–water partition coefficient (Wildman–Crippen LogP) is 3.46. The van der Waals surface area contributed by atoms with Gasteiger partial charge in [-0.05, 0) is 35.9 Å². The minimum Gasteiger partial charge on any atom is -0.325 e. The Morgan fingerprint density at radius 1 is 1.19 bits per heavy atom. The van der Waals surface area contributed by atoms with Crippen LogP contribution >= 0.6 is 23.2 Å². The molecule has 0 fully saturated rings. The number of carbonyl (C=O) groups excluding carboxylic acids is 1. The molecular weight excluding hydrogens is 397 g/mol. The standard InChI is InChI=1S/C17H15Cl2N3O3S/c1-26(24,25)22(16-7-4-13(18)10-15(16)19)11-17(23)21-14-5-2-12(3-6-14)8-9-20/h2-7,10H,8,11H2,1H3,(H,21,23). The maximum absolute atomic E-state index is 12.3. The summed E-state index contributed by atoms with van der Waals surface area (Å²) in [6.07, 6.45) is 1.26. The van der Waals surface area contributed by atoms with E-state index in [9.17, 15) is 13.2 Å². The molecule has 0 saturated carbocycles. The molecule has 2 aromatic carbocycles. The molecule has 0 aliphatic heterocycles. The van der Waals surface area contributed by atoms with E-state index in [1.54, 1.807) is 24.3 Å². The molecule has 0 atom stereocenters. The first kappa shape index (κ1) is 20.0. The van der Waals surface area contributed by atoms with Gasteiger partial charge in [0.05, 0.1) is 29.5 Å². The number of nitriles is 1. The number of sulfonamides is 1. The van der Waals surface area contributed by atoms with Gasteiger partial charge in [-0.2, -0.15) is 5.26 Å². The number of benzene rings is 2. The second kappa shape index (κ2) is 8.41. The average Bonchev–Trinajstić information content (AvgIpc) is 2.54. The van der Waals surface area contributed by atoms with Crippen LogP contribution in [0.25, 0.3) is 0 Å². The highest BCUT2D eigenvalue weighted by Gasteiger charge is 2.23. The first-order valence-electron chi connectivity index (χ1n) is 7.39. The lowest BCUT2D eigenvalue weighted by atomic mass is 10.1. The number of hydrogen-bond acceptors (Lipinski definition) is 4. The molecule has 0 bridgehead atoms. The Bertz CT molecular complexity index is 954. The van der Waals surface area contributed by atoms with Gasteiger partial charge in [0.15, 0.2) is 0 Å². The smallest absolute Gasteiger partial charge is 0.245 e. The van der Waals surface area contributed by atoms with E-state index in [1.807, 2.05) is 6.07 Å². The quantitative estimate of drug-likeness (QED) is 0.787. The third kappa shape index (κ3) is 5.36. The van der Waals surface area contributed by atoms with Crippen molar-refractivity contribution in [2.45, 2.75) is 6.42 Å². The largest absolute Gasteiger partial charge is 0.325 e. The van der Waals surface area contributed by atoms with Crippen molar-refractivity contribution in [2.75, 3.05) is 22.4 Å². The van der Waals surface area contributed by atoms with Crippen LogP contribution in [0, 0.1) is 11.3 Å². The molecule has 1 amide bonds. The molecule has 0 aliphatic carbocycles. The second-order valence-corrected chi connectivity index (χ2v) is 8.20. The molecule has 0 heterocycles. The van der Waals surface area contributed by atoms with Crippen LogP contribution in [0.3, 0.4) is 0 Å². The zero-order valence-electron chi connectivity index (χ0n) is 13.7. The SMILES string of the molecule is CS(=O)(=O)N(CC(=O)Nc1ccc(CC#N)cc1)c1ccc(Cl)cc1Cl.